The molecular formula is C10H19N3O4S. The Bertz CT molecular complexity index is 460. The van der Waals surface area contributed by atoms with Gasteiger partial charge >= 0.3 is 0 Å². The van der Waals surface area contributed by atoms with E-state index in [0.717, 1.165) is 0 Å². The van der Waals surface area contributed by atoms with E-state index < -0.39 is 21.3 Å². The Balaban J connectivity index is 2.76. The summed E-state index contributed by atoms with van der Waals surface area (Å²) in [5, 5.41) is 14.2. The van der Waals surface area contributed by atoms with E-state index in [-0.39, 0.29) is 23.2 Å². The number of carbonyl (C=O) groups excluding carboxylic acids is 1. The smallest absolute Gasteiger partial charge is 0.224 e. The van der Waals surface area contributed by atoms with Crippen molar-refractivity contribution < 1.29 is 18.4 Å². The van der Waals surface area contributed by atoms with Crippen molar-refractivity contribution in [2.45, 2.75) is 32.2 Å². The van der Waals surface area contributed by atoms with Gasteiger partial charge in [0.15, 0.2) is 15.7 Å². The molecule has 1 heterocycles. The van der Waals surface area contributed by atoms with Crippen LogP contribution in [0.5, 0.6) is 0 Å². The molecular weight excluding hydrogens is 258 g/mol. The maximum absolute atomic E-state index is 12.0. The fraction of sp³-hybridized carbons (Fsp3) is 0.800. The lowest BCUT2D eigenvalue weighted by Gasteiger charge is -2.29. The zero-order valence-corrected chi connectivity index (χ0v) is 11.3. The highest BCUT2D eigenvalue weighted by Crippen LogP contribution is 2.20. The molecule has 0 spiro atoms. The second-order valence-corrected chi connectivity index (χ2v) is 6.99. The van der Waals surface area contributed by atoms with Crippen LogP contribution >= 0.6 is 0 Å². The zero-order chi connectivity index (χ0) is 14.0. The third-order valence-corrected chi connectivity index (χ3v) is 5.15. The topological polar surface area (TPSA) is 122 Å². The lowest BCUT2D eigenvalue weighted by Crippen LogP contribution is -2.56. The molecule has 1 saturated heterocycles. The molecule has 104 valence electrons. The highest BCUT2D eigenvalue weighted by Gasteiger charge is 2.37. The van der Waals surface area contributed by atoms with Gasteiger partial charge in [-0.15, -0.1) is 0 Å². The average molecular weight is 277 g/mol. The number of nitrogens with zero attached hydrogens (tertiary/aromatic N) is 1. The van der Waals surface area contributed by atoms with Crippen LogP contribution in [0.25, 0.3) is 0 Å². The van der Waals surface area contributed by atoms with Crippen LogP contribution in [0.15, 0.2) is 5.16 Å². The summed E-state index contributed by atoms with van der Waals surface area (Å²) in [4.78, 5) is 12.0. The van der Waals surface area contributed by atoms with Crippen molar-refractivity contribution in [3.8, 4) is 0 Å². The number of nitrogens with one attached hydrogen (secondary N) is 1. The first-order valence-corrected chi connectivity index (χ1v) is 7.56. The third kappa shape index (κ3) is 3.12. The van der Waals surface area contributed by atoms with Gasteiger partial charge in [0.1, 0.15) is 0 Å². The number of rotatable bonds is 4. The number of hydrogen-bond acceptors (Lipinski definition) is 5. The van der Waals surface area contributed by atoms with Crippen molar-refractivity contribution >= 4 is 21.6 Å². The molecule has 0 bridgehead atoms. The third-order valence-electron chi connectivity index (χ3n) is 3.38. The molecule has 4 N–H and O–H groups in total. The second kappa shape index (κ2) is 5.13. The molecule has 1 aliphatic rings. The average Bonchev–Trinajstić information content (AvgIpc) is 2.68. The second-order valence-electron chi connectivity index (χ2n) is 4.76. The van der Waals surface area contributed by atoms with Gasteiger partial charge in [-0.1, -0.05) is 12.1 Å². The van der Waals surface area contributed by atoms with E-state index in [1.54, 1.807) is 13.8 Å². The van der Waals surface area contributed by atoms with Crippen LogP contribution in [0.4, 0.5) is 0 Å². The molecule has 1 amide bonds. The van der Waals surface area contributed by atoms with Gasteiger partial charge < -0.3 is 16.3 Å². The first-order valence-electron chi connectivity index (χ1n) is 5.74. The number of sulfone groups is 1. The van der Waals surface area contributed by atoms with Crippen LogP contribution in [0, 0.1) is 5.92 Å². The van der Waals surface area contributed by atoms with Crippen molar-refractivity contribution in [3.63, 3.8) is 0 Å². The highest BCUT2D eigenvalue weighted by molar-refractivity contribution is 7.91. The molecule has 0 saturated carbocycles. The predicted molar refractivity (Wildman–Crippen MR) is 67.0 cm³/mol. The quantitative estimate of drug-likeness (QED) is 0.275. The van der Waals surface area contributed by atoms with E-state index in [4.69, 9.17) is 10.9 Å². The summed E-state index contributed by atoms with van der Waals surface area (Å²) in [7, 11) is -3.10. The van der Waals surface area contributed by atoms with Crippen molar-refractivity contribution in [1.82, 2.24) is 5.32 Å². The van der Waals surface area contributed by atoms with Crippen LogP contribution in [-0.2, 0) is 14.6 Å². The molecule has 1 rings (SSSR count). The molecule has 8 heteroatoms. The minimum absolute atomic E-state index is 0.0392. The number of amidine groups is 1. The molecule has 1 fully saturated rings. The molecule has 2 unspecified atom stereocenters. The predicted octanol–water partition coefficient (Wildman–Crippen LogP) is -0.548. The minimum atomic E-state index is -3.10. The van der Waals surface area contributed by atoms with E-state index in [9.17, 15) is 13.2 Å². The summed E-state index contributed by atoms with van der Waals surface area (Å²) in [5.41, 5.74) is 4.57. The molecule has 0 aromatic rings. The molecule has 7 nitrogen and oxygen atoms in total. The number of oxime groups is 1. The highest BCUT2D eigenvalue weighted by atomic mass is 32.2. The maximum Gasteiger partial charge on any atom is 0.224 e. The SMILES string of the molecule is CCC(C)(NC(=O)C1CCS(=O)(=O)C1)C(N)=NO. The molecule has 0 aliphatic carbocycles. The number of carbonyl (C=O) groups is 1. The molecule has 0 aromatic heterocycles. The van der Waals surface area contributed by atoms with Crippen LogP contribution in [0.1, 0.15) is 26.7 Å². The van der Waals surface area contributed by atoms with Gasteiger partial charge in [-0.3, -0.25) is 4.79 Å². The zero-order valence-electron chi connectivity index (χ0n) is 10.5. The maximum atomic E-state index is 12.0. The number of hydrogen-bond donors (Lipinski definition) is 3. The summed E-state index contributed by atoms with van der Waals surface area (Å²) >= 11 is 0. The molecule has 18 heavy (non-hydrogen) atoms. The Morgan fingerprint density at radius 1 is 1.61 bits per heavy atom. The van der Waals surface area contributed by atoms with Crippen molar-refractivity contribution in [2.24, 2.45) is 16.8 Å². The monoisotopic (exact) mass is 277 g/mol. The lowest BCUT2D eigenvalue weighted by atomic mass is 9.96. The van der Waals surface area contributed by atoms with Crippen molar-refractivity contribution in [3.05, 3.63) is 0 Å². The fourth-order valence-electron chi connectivity index (χ4n) is 1.82. The van der Waals surface area contributed by atoms with Gasteiger partial charge in [0.2, 0.25) is 5.91 Å². The largest absolute Gasteiger partial charge is 0.409 e. The molecule has 0 aromatic carbocycles. The first-order chi connectivity index (χ1) is 8.24. The minimum Gasteiger partial charge on any atom is -0.409 e. The Morgan fingerprint density at radius 2 is 2.22 bits per heavy atom. The van der Waals surface area contributed by atoms with E-state index in [1.807, 2.05) is 0 Å². The van der Waals surface area contributed by atoms with Gasteiger partial charge in [0.25, 0.3) is 0 Å². The summed E-state index contributed by atoms with van der Waals surface area (Å²) in [6.07, 6.45) is 0.762. The van der Waals surface area contributed by atoms with E-state index in [1.165, 1.54) is 0 Å². The Labute approximate surface area is 106 Å². The van der Waals surface area contributed by atoms with Gasteiger partial charge in [0, 0.05) is 0 Å². The van der Waals surface area contributed by atoms with Crippen LogP contribution < -0.4 is 11.1 Å². The fourth-order valence-corrected chi connectivity index (χ4v) is 3.56. The van der Waals surface area contributed by atoms with Gasteiger partial charge in [-0.25, -0.2) is 8.42 Å². The summed E-state index contributed by atoms with van der Waals surface area (Å²) in [5.74, 6) is -1.11. The van der Waals surface area contributed by atoms with E-state index >= 15 is 0 Å². The van der Waals surface area contributed by atoms with Crippen molar-refractivity contribution in [1.29, 1.82) is 0 Å². The van der Waals surface area contributed by atoms with Gasteiger partial charge in [-0.2, -0.15) is 0 Å². The molecule has 2 atom stereocenters. The van der Waals surface area contributed by atoms with Crippen LogP contribution in [-0.4, -0.2) is 42.4 Å². The first kappa shape index (κ1) is 14.7. The Hall–Kier alpha value is -1.31. The number of amides is 1. The van der Waals surface area contributed by atoms with Crippen LogP contribution in [0.3, 0.4) is 0 Å². The summed E-state index contributed by atoms with van der Waals surface area (Å²) < 4.78 is 22.6. The van der Waals surface area contributed by atoms with Crippen molar-refractivity contribution in [2.75, 3.05) is 11.5 Å². The standard InChI is InChI=1S/C10H19N3O4S/c1-3-10(2,9(11)13-15)12-8(14)7-4-5-18(16,17)6-7/h7,15H,3-6H2,1-2H3,(H2,11,13)(H,12,14). The summed E-state index contributed by atoms with van der Waals surface area (Å²) in [6, 6.07) is 0. The van der Waals surface area contributed by atoms with E-state index in [0.29, 0.717) is 12.8 Å². The summed E-state index contributed by atoms with van der Waals surface area (Å²) in [6.45, 7) is 3.41. The Morgan fingerprint density at radius 3 is 2.61 bits per heavy atom. The van der Waals surface area contributed by atoms with E-state index in [2.05, 4.69) is 10.5 Å². The Kier molecular flexibility index (Phi) is 4.20. The van der Waals surface area contributed by atoms with Crippen LogP contribution in [0.2, 0.25) is 0 Å². The number of nitrogens with two attached hydrogens (primary N) is 1. The lowest BCUT2D eigenvalue weighted by molar-refractivity contribution is -0.125. The molecule has 1 aliphatic heterocycles. The normalized spacial score (nSPS) is 26.6. The van der Waals surface area contributed by atoms with Gasteiger partial charge in [-0.05, 0) is 19.8 Å². The molecule has 0 radical (unpaired) electrons. The van der Waals surface area contributed by atoms with Gasteiger partial charge in [0.05, 0.1) is 23.0 Å².